The fourth-order valence-corrected chi connectivity index (χ4v) is 4.48. The van der Waals surface area contributed by atoms with Crippen LogP contribution in [-0.4, -0.2) is 17.8 Å². The third kappa shape index (κ3) is 3.41. The fourth-order valence-electron chi connectivity index (χ4n) is 2.91. The van der Waals surface area contributed by atoms with Crippen LogP contribution in [0.2, 0.25) is 5.02 Å². The highest BCUT2D eigenvalue weighted by Crippen LogP contribution is 2.27. The van der Waals surface area contributed by atoms with Crippen molar-refractivity contribution >= 4 is 33.0 Å². The summed E-state index contributed by atoms with van der Waals surface area (Å²) in [4.78, 5) is 4.70. The second-order valence-electron chi connectivity index (χ2n) is 6.16. The molecule has 0 aliphatic heterocycles. The monoisotopic (exact) mass is 397 g/mol. The van der Waals surface area contributed by atoms with Gasteiger partial charge < -0.3 is 4.40 Å². The summed E-state index contributed by atoms with van der Waals surface area (Å²) in [6, 6.07) is 17.4. The van der Waals surface area contributed by atoms with E-state index in [1.54, 1.807) is 36.4 Å². The van der Waals surface area contributed by atoms with Crippen LogP contribution in [-0.2, 0) is 10.0 Å². The van der Waals surface area contributed by atoms with Gasteiger partial charge in [-0.15, -0.1) is 0 Å². The first-order valence-corrected chi connectivity index (χ1v) is 10.1. The van der Waals surface area contributed by atoms with Gasteiger partial charge in [0, 0.05) is 23.6 Å². The van der Waals surface area contributed by atoms with Crippen LogP contribution >= 0.6 is 11.6 Å². The lowest BCUT2D eigenvalue weighted by atomic mass is 10.1. The van der Waals surface area contributed by atoms with E-state index in [4.69, 9.17) is 11.6 Å². The van der Waals surface area contributed by atoms with E-state index in [1.165, 1.54) is 6.07 Å². The van der Waals surface area contributed by atoms with Crippen LogP contribution in [0.25, 0.3) is 16.9 Å². The molecule has 0 unspecified atom stereocenters. The van der Waals surface area contributed by atoms with Gasteiger partial charge in [0.25, 0.3) is 10.0 Å². The maximum Gasteiger partial charge on any atom is 0.263 e. The molecule has 2 heterocycles. The number of benzene rings is 2. The number of nitrogens with zero attached hydrogens (tertiary/aromatic N) is 2. The molecule has 0 spiro atoms. The number of sulfonamides is 1. The first kappa shape index (κ1) is 17.6. The van der Waals surface area contributed by atoms with Crippen LogP contribution in [0.4, 0.5) is 5.69 Å². The Hall–Kier alpha value is -2.83. The standard InChI is InChI=1S/C20H16ClN3O2S/c1-14-6-5-11-24-13-18(22-20(14)24)15-7-4-8-16(12-15)23-27(25,26)19-10-3-2-9-17(19)21/h2-13,23H,1H3. The number of anilines is 1. The maximum absolute atomic E-state index is 12.6. The van der Waals surface area contributed by atoms with E-state index in [9.17, 15) is 8.42 Å². The Bertz CT molecular complexity index is 1250. The number of aryl methyl sites for hydroxylation is 1. The summed E-state index contributed by atoms with van der Waals surface area (Å²) in [5.41, 5.74) is 3.97. The molecule has 0 saturated carbocycles. The average molecular weight is 398 g/mol. The zero-order valence-electron chi connectivity index (χ0n) is 14.4. The molecule has 0 aliphatic carbocycles. The summed E-state index contributed by atoms with van der Waals surface area (Å²) in [6.45, 7) is 2.00. The topological polar surface area (TPSA) is 63.5 Å². The Kier molecular flexibility index (Phi) is 4.37. The molecule has 0 bridgehead atoms. The molecule has 0 fully saturated rings. The van der Waals surface area contributed by atoms with Crippen molar-refractivity contribution in [1.82, 2.24) is 9.38 Å². The van der Waals surface area contributed by atoms with Gasteiger partial charge in [-0.3, -0.25) is 4.72 Å². The predicted octanol–water partition coefficient (Wildman–Crippen LogP) is 4.76. The zero-order chi connectivity index (χ0) is 19.0. The van der Waals surface area contributed by atoms with Crippen LogP contribution in [0.15, 0.2) is 78.0 Å². The summed E-state index contributed by atoms with van der Waals surface area (Å²) < 4.78 is 29.8. The van der Waals surface area contributed by atoms with Crippen LogP contribution in [0.3, 0.4) is 0 Å². The lowest BCUT2D eigenvalue weighted by molar-refractivity contribution is 0.601. The number of aromatic nitrogens is 2. The first-order chi connectivity index (χ1) is 12.9. The molecule has 4 rings (SSSR count). The van der Waals surface area contributed by atoms with E-state index in [2.05, 4.69) is 9.71 Å². The van der Waals surface area contributed by atoms with Crippen molar-refractivity contribution in [3.63, 3.8) is 0 Å². The third-order valence-corrected chi connectivity index (χ3v) is 6.10. The molecule has 4 aromatic rings. The number of imidazole rings is 1. The molecule has 0 aliphatic rings. The molecule has 7 heteroatoms. The Morgan fingerprint density at radius 2 is 1.85 bits per heavy atom. The Morgan fingerprint density at radius 3 is 2.63 bits per heavy atom. The predicted molar refractivity (Wildman–Crippen MR) is 108 cm³/mol. The van der Waals surface area contributed by atoms with Gasteiger partial charge in [-0.25, -0.2) is 13.4 Å². The fraction of sp³-hybridized carbons (Fsp3) is 0.0500. The van der Waals surface area contributed by atoms with Crippen molar-refractivity contribution in [3.8, 4) is 11.3 Å². The summed E-state index contributed by atoms with van der Waals surface area (Å²) in [6.07, 6.45) is 3.85. The van der Waals surface area contributed by atoms with Gasteiger partial charge in [0.15, 0.2) is 0 Å². The lowest BCUT2D eigenvalue weighted by Crippen LogP contribution is -2.13. The molecule has 2 aromatic heterocycles. The number of hydrogen-bond acceptors (Lipinski definition) is 3. The van der Waals surface area contributed by atoms with E-state index in [0.29, 0.717) is 5.69 Å². The molecule has 27 heavy (non-hydrogen) atoms. The Balaban J connectivity index is 1.70. The van der Waals surface area contributed by atoms with Gasteiger partial charge in [-0.05, 0) is 42.8 Å². The minimum Gasteiger partial charge on any atom is -0.306 e. The molecule has 0 saturated heterocycles. The van der Waals surface area contributed by atoms with E-state index >= 15 is 0 Å². The van der Waals surface area contributed by atoms with Gasteiger partial charge in [-0.2, -0.15) is 0 Å². The van der Waals surface area contributed by atoms with E-state index < -0.39 is 10.0 Å². The molecule has 1 N–H and O–H groups in total. The van der Waals surface area contributed by atoms with Crippen molar-refractivity contribution in [3.05, 3.63) is 83.6 Å². The Labute approximate surface area is 162 Å². The summed E-state index contributed by atoms with van der Waals surface area (Å²) in [5, 5.41) is 0.178. The molecule has 0 radical (unpaired) electrons. The largest absolute Gasteiger partial charge is 0.306 e. The third-order valence-electron chi connectivity index (χ3n) is 4.21. The molecular weight excluding hydrogens is 382 g/mol. The maximum atomic E-state index is 12.6. The molecule has 0 atom stereocenters. The second-order valence-corrected chi connectivity index (χ2v) is 8.22. The summed E-state index contributed by atoms with van der Waals surface area (Å²) in [5.74, 6) is 0. The van der Waals surface area contributed by atoms with Crippen molar-refractivity contribution in [2.45, 2.75) is 11.8 Å². The molecular formula is C20H16ClN3O2S. The van der Waals surface area contributed by atoms with Gasteiger partial charge in [-0.1, -0.05) is 41.9 Å². The highest BCUT2D eigenvalue weighted by molar-refractivity contribution is 7.92. The quantitative estimate of drug-likeness (QED) is 0.539. The molecule has 136 valence electrons. The van der Waals surface area contributed by atoms with Crippen molar-refractivity contribution in [2.24, 2.45) is 0 Å². The second kappa shape index (κ2) is 6.72. The van der Waals surface area contributed by atoms with Gasteiger partial charge in [0.2, 0.25) is 0 Å². The SMILES string of the molecule is Cc1cccn2cc(-c3cccc(NS(=O)(=O)c4ccccc4Cl)c3)nc12. The zero-order valence-corrected chi connectivity index (χ0v) is 16.0. The van der Waals surface area contributed by atoms with Gasteiger partial charge in [0.05, 0.1) is 10.7 Å². The lowest BCUT2D eigenvalue weighted by Gasteiger charge is -2.10. The van der Waals surface area contributed by atoms with Crippen molar-refractivity contribution in [2.75, 3.05) is 4.72 Å². The van der Waals surface area contributed by atoms with Crippen LogP contribution in [0, 0.1) is 6.92 Å². The van der Waals surface area contributed by atoms with Crippen LogP contribution < -0.4 is 4.72 Å². The summed E-state index contributed by atoms with van der Waals surface area (Å²) >= 11 is 6.03. The van der Waals surface area contributed by atoms with E-state index in [-0.39, 0.29) is 9.92 Å². The Morgan fingerprint density at radius 1 is 1.04 bits per heavy atom. The number of hydrogen-bond donors (Lipinski definition) is 1. The summed E-state index contributed by atoms with van der Waals surface area (Å²) in [7, 11) is -3.78. The van der Waals surface area contributed by atoms with Gasteiger partial charge in [0.1, 0.15) is 10.5 Å². The number of nitrogens with one attached hydrogen (secondary N) is 1. The smallest absolute Gasteiger partial charge is 0.263 e. The van der Waals surface area contributed by atoms with E-state index in [0.717, 1.165) is 22.5 Å². The van der Waals surface area contributed by atoms with Gasteiger partial charge >= 0.3 is 0 Å². The van der Waals surface area contributed by atoms with Crippen LogP contribution in [0.5, 0.6) is 0 Å². The number of pyridine rings is 1. The van der Waals surface area contributed by atoms with E-state index in [1.807, 2.05) is 41.9 Å². The highest BCUT2D eigenvalue weighted by Gasteiger charge is 2.18. The average Bonchev–Trinajstić information content (AvgIpc) is 3.08. The number of fused-ring (bicyclic) bond motifs is 1. The number of halogens is 1. The molecule has 5 nitrogen and oxygen atoms in total. The normalized spacial score (nSPS) is 11.6. The first-order valence-electron chi connectivity index (χ1n) is 8.26. The van der Waals surface area contributed by atoms with Crippen molar-refractivity contribution < 1.29 is 8.42 Å². The van der Waals surface area contributed by atoms with Crippen molar-refractivity contribution in [1.29, 1.82) is 0 Å². The minimum atomic E-state index is -3.78. The molecule has 0 amide bonds. The van der Waals surface area contributed by atoms with Crippen LogP contribution in [0.1, 0.15) is 5.56 Å². The minimum absolute atomic E-state index is 0.0421. The highest BCUT2D eigenvalue weighted by atomic mass is 35.5. The number of rotatable bonds is 4. The molecule has 2 aromatic carbocycles.